The normalized spacial score (nSPS) is 10.9. The zero-order valence-electron chi connectivity index (χ0n) is 8.72. The molecule has 0 bridgehead atoms. The Morgan fingerprint density at radius 1 is 1.18 bits per heavy atom. The van der Waals surface area contributed by atoms with Crippen LogP contribution < -0.4 is 5.73 Å². The van der Waals surface area contributed by atoms with Crippen molar-refractivity contribution >= 4 is 28.4 Å². The lowest BCUT2D eigenvalue weighted by atomic mass is 10.3. The average Bonchev–Trinajstić information content (AvgIpc) is 2.72. The van der Waals surface area contributed by atoms with Gasteiger partial charge in [-0.2, -0.15) is 0 Å². The fourth-order valence-corrected chi connectivity index (χ4v) is 1.67. The Hall–Kier alpha value is -2.07. The minimum Gasteiger partial charge on any atom is -0.435 e. The molecule has 0 aliphatic heterocycles. The van der Waals surface area contributed by atoms with Crippen molar-refractivity contribution in [2.24, 2.45) is 0 Å². The summed E-state index contributed by atoms with van der Waals surface area (Å²) >= 11 is 5.77. The molecule has 2 heterocycles. The molecule has 0 saturated carbocycles. The molecular weight excluding hydrogens is 238 g/mol. The smallest absolute Gasteiger partial charge is 0.246 e. The number of aromatic nitrogens is 2. The number of halogens is 1. The Kier molecular flexibility index (Phi) is 2.23. The zero-order valence-corrected chi connectivity index (χ0v) is 9.48. The number of rotatable bonds is 1. The van der Waals surface area contributed by atoms with E-state index in [9.17, 15) is 0 Å². The van der Waals surface area contributed by atoms with Crippen LogP contribution in [0.25, 0.3) is 22.7 Å². The van der Waals surface area contributed by atoms with Gasteiger partial charge < -0.3 is 10.2 Å². The molecule has 0 radical (unpaired) electrons. The third kappa shape index (κ3) is 1.83. The van der Waals surface area contributed by atoms with Gasteiger partial charge in [0.05, 0.1) is 5.02 Å². The molecule has 4 nitrogen and oxygen atoms in total. The van der Waals surface area contributed by atoms with Crippen molar-refractivity contribution in [3.05, 3.63) is 41.6 Å². The van der Waals surface area contributed by atoms with Gasteiger partial charge in [-0.3, -0.25) is 0 Å². The van der Waals surface area contributed by atoms with Crippen molar-refractivity contribution in [2.45, 2.75) is 0 Å². The lowest BCUT2D eigenvalue weighted by Crippen LogP contribution is -1.83. The minimum absolute atomic E-state index is 0.460. The highest BCUT2D eigenvalue weighted by Crippen LogP contribution is 2.24. The molecule has 0 atom stereocenters. The average molecular weight is 246 g/mol. The number of nitrogens with zero attached hydrogens (tertiary/aromatic N) is 2. The molecule has 0 saturated heterocycles. The number of nitrogen functional groups attached to an aromatic ring is 1. The van der Waals surface area contributed by atoms with Gasteiger partial charge in [0.2, 0.25) is 5.89 Å². The molecule has 0 aliphatic rings. The SMILES string of the molecule is Nc1ccc2oc(-c3ccc(Cl)cn3)nc2c1. The third-order valence-corrected chi connectivity index (χ3v) is 2.58. The first-order valence-electron chi connectivity index (χ1n) is 5.00. The van der Waals surface area contributed by atoms with Gasteiger partial charge >= 0.3 is 0 Å². The first-order chi connectivity index (χ1) is 8.22. The highest BCUT2D eigenvalue weighted by Gasteiger charge is 2.09. The molecular formula is C12H8ClN3O. The van der Waals surface area contributed by atoms with Crippen LogP contribution in [0.3, 0.4) is 0 Å². The molecule has 0 spiro atoms. The van der Waals surface area contributed by atoms with Gasteiger partial charge in [0.1, 0.15) is 11.2 Å². The van der Waals surface area contributed by atoms with Crippen LogP contribution in [-0.4, -0.2) is 9.97 Å². The molecule has 0 aliphatic carbocycles. The Morgan fingerprint density at radius 3 is 2.82 bits per heavy atom. The number of anilines is 1. The Morgan fingerprint density at radius 2 is 2.06 bits per heavy atom. The molecule has 17 heavy (non-hydrogen) atoms. The predicted molar refractivity (Wildman–Crippen MR) is 66.7 cm³/mol. The third-order valence-electron chi connectivity index (χ3n) is 2.36. The van der Waals surface area contributed by atoms with E-state index < -0.39 is 0 Å². The van der Waals surface area contributed by atoms with Gasteiger partial charge in [0.15, 0.2) is 5.58 Å². The topological polar surface area (TPSA) is 64.9 Å². The van der Waals surface area contributed by atoms with E-state index in [4.69, 9.17) is 21.8 Å². The van der Waals surface area contributed by atoms with Crippen molar-refractivity contribution < 1.29 is 4.42 Å². The van der Waals surface area contributed by atoms with E-state index in [2.05, 4.69) is 9.97 Å². The van der Waals surface area contributed by atoms with Crippen LogP contribution >= 0.6 is 11.6 Å². The molecule has 1 aromatic carbocycles. The van der Waals surface area contributed by atoms with Crippen molar-refractivity contribution in [1.82, 2.24) is 9.97 Å². The van der Waals surface area contributed by atoms with Crippen LogP contribution in [0.5, 0.6) is 0 Å². The maximum Gasteiger partial charge on any atom is 0.246 e. The summed E-state index contributed by atoms with van der Waals surface area (Å²) in [6.45, 7) is 0. The largest absolute Gasteiger partial charge is 0.435 e. The van der Waals surface area contributed by atoms with Crippen LogP contribution in [0.2, 0.25) is 5.02 Å². The van der Waals surface area contributed by atoms with Crippen LogP contribution in [0.15, 0.2) is 40.9 Å². The fraction of sp³-hybridized carbons (Fsp3) is 0. The second-order valence-electron chi connectivity index (χ2n) is 3.61. The quantitative estimate of drug-likeness (QED) is 0.669. The first-order valence-corrected chi connectivity index (χ1v) is 5.38. The maximum atomic E-state index is 5.77. The lowest BCUT2D eigenvalue weighted by molar-refractivity contribution is 0.617. The van der Waals surface area contributed by atoms with Crippen molar-refractivity contribution in [3.8, 4) is 11.6 Å². The molecule has 2 aromatic heterocycles. The minimum atomic E-state index is 0.460. The Balaban J connectivity index is 2.14. The highest BCUT2D eigenvalue weighted by atomic mass is 35.5. The summed E-state index contributed by atoms with van der Waals surface area (Å²) < 4.78 is 5.58. The van der Waals surface area contributed by atoms with Crippen molar-refractivity contribution in [2.75, 3.05) is 5.73 Å². The lowest BCUT2D eigenvalue weighted by Gasteiger charge is -1.93. The highest BCUT2D eigenvalue weighted by molar-refractivity contribution is 6.30. The maximum absolute atomic E-state index is 5.77. The predicted octanol–water partition coefficient (Wildman–Crippen LogP) is 3.13. The standard InChI is InChI=1S/C12H8ClN3O/c13-7-1-3-9(15-6-7)12-16-10-5-8(14)2-4-11(10)17-12/h1-6H,14H2. The van der Waals surface area contributed by atoms with Gasteiger partial charge in [-0.1, -0.05) is 11.6 Å². The van der Waals surface area contributed by atoms with Crippen LogP contribution in [0, 0.1) is 0 Å². The molecule has 0 unspecified atom stereocenters. The number of pyridine rings is 1. The van der Waals surface area contributed by atoms with E-state index in [-0.39, 0.29) is 0 Å². The molecule has 3 rings (SSSR count). The van der Waals surface area contributed by atoms with Crippen molar-refractivity contribution in [1.29, 1.82) is 0 Å². The van der Waals surface area contributed by atoms with Gasteiger partial charge in [-0.05, 0) is 30.3 Å². The summed E-state index contributed by atoms with van der Waals surface area (Å²) in [6.07, 6.45) is 1.56. The second kappa shape index (κ2) is 3.75. The fourth-order valence-electron chi connectivity index (χ4n) is 1.56. The molecule has 5 heteroatoms. The number of nitrogens with two attached hydrogens (primary N) is 1. The Labute approximate surface area is 102 Å². The monoisotopic (exact) mass is 245 g/mol. The van der Waals surface area contributed by atoms with E-state index >= 15 is 0 Å². The van der Waals surface area contributed by atoms with E-state index in [1.165, 1.54) is 0 Å². The van der Waals surface area contributed by atoms with Crippen LogP contribution in [0.4, 0.5) is 5.69 Å². The molecule has 0 amide bonds. The molecule has 84 valence electrons. The van der Waals surface area contributed by atoms with E-state index in [1.807, 2.05) is 0 Å². The summed E-state index contributed by atoms with van der Waals surface area (Å²) in [5.41, 5.74) is 8.38. The second-order valence-corrected chi connectivity index (χ2v) is 4.04. The summed E-state index contributed by atoms with van der Waals surface area (Å²) in [5, 5.41) is 0.578. The number of oxazole rings is 1. The molecule has 2 N–H and O–H groups in total. The summed E-state index contributed by atoms with van der Waals surface area (Å²) in [7, 11) is 0. The van der Waals surface area contributed by atoms with Crippen LogP contribution in [0.1, 0.15) is 0 Å². The molecule has 3 aromatic rings. The summed E-state index contributed by atoms with van der Waals surface area (Å²) in [4.78, 5) is 8.47. The van der Waals surface area contributed by atoms with Crippen molar-refractivity contribution in [3.63, 3.8) is 0 Å². The van der Waals surface area contributed by atoms with Gasteiger partial charge in [0.25, 0.3) is 0 Å². The first kappa shape index (κ1) is 10.1. The van der Waals surface area contributed by atoms with Crippen LogP contribution in [-0.2, 0) is 0 Å². The van der Waals surface area contributed by atoms with E-state index in [0.717, 1.165) is 5.52 Å². The summed E-state index contributed by atoms with van der Waals surface area (Å²) in [6, 6.07) is 8.82. The number of fused-ring (bicyclic) bond motifs is 1. The molecule has 0 fully saturated rings. The van der Waals surface area contributed by atoms with Gasteiger partial charge in [0, 0.05) is 11.9 Å². The number of benzene rings is 1. The van der Waals surface area contributed by atoms with Gasteiger partial charge in [-0.25, -0.2) is 9.97 Å². The zero-order chi connectivity index (χ0) is 11.8. The number of hydrogen-bond donors (Lipinski definition) is 1. The van der Waals surface area contributed by atoms with E-state index in [0.29, 0.717) is 27.9 Å². The van der Waals surface area contributed by atoms with E-state index in [1.54, 1.807) is 36.5 Å². The Bertz CT molecular complexity index is 676. The van der Waals surface area contributed by atoms with Gasteiger partial charge in [-0.15, -0.1) is 0 Å². The number of hydrogen-bond acceptors (Lipinski definition) is 4. The summed E-state index contributed by atoms with van der Waals surface area (Å²) in [5.74, 6) is 0.460.